The smallest absolute Gasteiger partial charge is 0.260 e. The number of amides is 1. The summed E-state index contributed by atoms with van der Waals surface area (Å²) in [6.45, 7) is 0.645. The second-order valence-electron chi connectivity index (χ2n) is 5.39. The van der Waals surface area contributed by atoms with Crippen LogP contribution >= 0.6 is 11.8 Å². The molecule has 1 unspecified atom stereocenters. The van der Waals surface area contributed by atoms with Gasteiger partial charge in [-0.05, 0) is 30.3 Å². The number of carbonyl (C=O) groups is 1. The summed E-state index contributed by atoms with van der Waals surface area (Å²) in [4.78, 5) is 19.0. The van der Waals surface area contributed by atoms with Gasteiger partial charge in [-0.3, -0.25) is 4.79 Å². The largest absolute Gasteiger partial charge is 0.497 e. The van der Waals surface area contributed by atoms with Crippen LogP contribution in [0.25, 0.3) is 0 Å². The Hall–Kier alpha value is -2.41. The lowest BCUT2D eigenvalue weighted by Crippen LogP contribution is -2.31. The Bertz CT molecular complexity index is 768. The van der Waals surface area contributed by atoms with Gasteiger partial charge in [-0.2, -0.15) is 0 Å². The topological polar surface area (TPSA) is 60.9 Å². The third kappa shape index (κ3) is 3.37. The van der Waals surface area contributed by atoms with E-state index in [0.29, 0.717) is 18.0 Å². The van der Waals surface area contributed by atoms with Crippen molar-refractivity contribution in [1.82, 2.24) is 9.88 Å². The van der Waals surface area contributed by atoms with E-state index in [1.54, 1.807) is 44.3 Å². The number of rotatable bonds is 5. The van der Waals surface area contributed by atoms with E-state index in [0.717, 1.165) is 22.8 Å². The molecule has 6 nitrogen and oxygen atoms in total. The zero-order valence-electron chi connectivity index (χ0n) is 14.4. The van der Waals surface area contributed by atoms with Crippen LogP contribution in [0.3, 0.4) is 0 Å². The number of thioether (sulfide) groups is 1. The highest BCUT2D eigenvalue weighted by Gasteiger charge is 2.34. The van der Waals surface area contributed by atoms with Crippen LogP contribution in [0.5, 0.6) is 17.4 Å². The Kier molecular flexibility index (Phi) is 5.33. The summed E-state index contributed by atoms with van der Waals surface area (Å²) in [5, 5.41) is -0.150. The predicted molar refractivity (Wildman–Crippen MR) is 96.6 cm³/mol. The maximum absolute atomic E-state index is 13.1. The lowest BCUT2D eigenvalue weighted by molar-refractivity contribution is 0.0755. The van der Waals surface area contributed by atoms with Crippen molar-refractivity contribution in [2.24, 2.45) is 0 Å². The predicted octanol–water partition coefficient (Wildman–Crippen LogP) is 3.00. The number of benzene rings is 1. The molecule has 1 aliphatic rings. The molecule has 3 rings (SSSR count). The van der Waals surface area contributed by atoms with Gasteiger partial charge in [-0.25, -0.2) is 4.98 Å². The van der Waals surface area contributed by atoms with Crippen LogP contribution in [0.1, 0.15) is 21.3 Å². The Morgan fingerprint density at radius 3 is 2.76 bits per heavy atom. The number of ether oxygens (including phenoxy) is 3. The van der Waals surface area contributed by atoms with Gasteiger partial charge >= 0.3 is 0 Å². The van der Waals surface area contributed by atoms with Crippen LogP contribution < -0.4 is 14.2 Å². The Labute approximate surface area is 151 Å². The van der Waals surface area contributed by atoms with Crippen molar-refractivity contribution >= 4 is 17.7 Å². The number of aromatic nitrogens is 1. The Morgan fingerprint density at radius 1 is 1.20 bits per heavy atom. The maximum atomic E-state index is 13.1. The van der Waals surface area contributed by atoms with Crippen molar-refractivity contribution in [1.29, 1.82) is 0 Å². The molecule has 7 heteroatoms. The van der Waals surface area contributed by atoms with Gasteiger partial charge in [0.2, 0.25) is 5.88 Å². The van der Waals surface area contributed by atoms with Crippen molar-refractivity contribution in [2.75, 3.05) is 33.6 Å². The molecule has 1 aromatic carbocycles. The summed E-state index contributed by atoms with van der Waals surface area (Å²) in [5.41, 5.74) is 1.37. The first-order chi connectivity index (χ1) is 12.2. The average molecular weight is 360 g/mol. The van der Waals surface area contributed by atoms with Crippen LogP contribution in [-0.4, -0.2) is 49.4 Å². The van der Waals surface area contributed by atoms with E-state index in [4.69, 9.17) is 14.2 Å². The number of carbonyl (C=O) groups excluding carboxylic acids is 1. The monoisotopic (exact) mass is 360 g/mol. The number of methoxy groups -OCH3 is 3. The van der Waals surface area contributed by atoms with Crippen molar-refractivity contribution in [3.8, 4) is 17.4 Å². The van der Waals surface area contributed by atoms with Gasteiger partial charge in [0.15, 0.2) is 0 Å². The molecule has 2 heterocycles. The fourth-order valence-corrected chi connectivity index (χ4v) is 4.11. The summed E-state index contributed by atoms with van der Waals surface area (Å²) in [6, 6.07) is 9.10. The third-order valence-corrected chi connectivity index (χ3v) is 5.29. The molecule has 132 valence electrons. The van der Waals surface area contributed by atoms with Crippen LogP contribution in [0.4, 0.5) is 0 Å². The molecule has 0 spiro atoms. The van der Waals surface area contributed by atoms with Gasteiger partial charge in [0.25, 0.3) is 5.91 Å². The lowest BCUT2D eigenvalue weighted by atomic mass is 10.1. The fraction of sp³-hybridized carbons (Fsp3) is 0.333. The van der Waals surface area contributed by atoms with E-state index < -0.39 is 0 Å². The van der Waals surface area contributed by atoms with Crippen molar-refractivity contribution in [3.05, 3.63) is 47.7 Å². The number of pyridine rings is 1. The van der Waals surface area contributed by atoms with Gasteiger partial charge in [0.05, 0.1) is 21.3 Å². The number of hydrogen-bond acceptors (Lipinski definition) is 6. The standard InChI is InChI=1S/C18H20N2O4S/c1-22-12-6-7-15(23-2)14(11-12)18-20(9-10-25-18)17(21)13-5-4-8-19-16(13)24-3/h4-8,11,18H,9-10H2,1-3H3. The first-order valence-electron chi connectivity index (χ1n) is 7.83. The van der Waals surface area contributed by atoms with Crippen molar-refractivity contribution < 1.29 is 19.0 Å². The highest BCUT2D eigenvalue weighted by molar-refractivity contribution is 7.99. The normalized spacial score (nSPS) is 16.6. The van der Waals surface area contributed by atoms with E-state index in [1.165, 1.54) is 7.11 Å². The van der Waals surface area contributed by atoms with Crippen molar-refractivity contribution in [3.63, 3.8) is 0 Å². The minimum atomic E-state index is -0.150. The molecule has 2 aromatic rings. The van der Waals surface area contributed by atoms with Gasteiger partial charge in [-0.15, -0.1) is 11.8 Å². The van der Waals surface area contributed by atoms with Crippen LogP contribution in [-0.2, 0) is 0 Å². The van der Waals surface area contributed by atoms with Crippen LogP contribution in [0.2, 0.25) is 0 Å². The molecule has 1 aliphatic heterocycles. The summed E-state index contributed by atoms with van der Waals surface area (Å²) in [7, 11) is 4.76. The average Bonchev–Trinajstić information content (AvgIpc) is 3.16. The van der Waals surface area contributed by atoms with E-state index in [9.17, 15) is 4.79 Å². The zero-order chi connectivity index (χ0) is 17.8. The highest BCUT2D eigenvalue weighted by Crippen LogP contribution is 2.44. The van der Waals surface area contributed by atoms with E-state index in [2.05, 4.69) is 4.98 Å². The first kappa shape index (κ1) is 17.4. The summed E-state index contributed by atoms with van der Waals surface area (Å²) in [5.74, 6) is 2.54. The minimum Gasteiger partial charge on any atom is -0.497 e. The molecule has 0 saturated carbocycles. The van der Waals surface area contributed by atoms with Gasteiger partial charge in [-0.1, -0.05) is 0 Å². The molecule has 0 radical (unpaired) electrons. The Morgan fingerprint density at radius 2 is 2.04 bits per heavy atom. The molecule has 0 bridgehead atoms. The number of hydrogen-bond donors (Lipinski definition) is 0. The quantitative estimate of drug-likeness (QED) is 0.817. The lowest BCUT2D eigenvalue weighted by Gasteiger charge is -2.26. The van der Waals surface area contributed by atoms with E-state index in [1.807, 2.05) is 23.1 Å². The summed E-state index contributed by atoms with van der Waals surface area (Å²) < 4.78 is 16.1. The second-order valence-corrected chi connectivity index (χ2v) is 6.58. The molecule has 0 N–H and O–H groups in total. The van der Waals surface area contributed by atoms with Crippen LogP contribution in [0.15, 0.2) is 36.5 Å². The van der Waals surface area contributed by atoms with Gasteiger partial charge in [0, 0.05) is 24.1 Å². The summed E-state index contributed by atoms with van der Waals surface area (Å²) in [6.07, 6.45) is 1.61. The fourth-order valence-electron chi connectivity index (χ4n) is 2.84. The molecular weight excluding hydrogens is 340 g/mol. The third-order valence-electron chi connectivity index (χ3n) is 4.05. The highest BCUT2D eigenvalue weighted by atomic mass is 32.2. The summed E-state index contributed by atoms with van der Waals surface area (Å²) >= 11 is 1.70. The Balaban J connectivity index is 1.97. The van der Waals surface area contributed by atoms with Gasteiger partial charge < -0.3 is 19.1 Å². The molecule has 1 fully saturated rings. The first-order valence-corrected chi connectivity index (χ1v) is 8.88. The minimum absolute atomic E-state index is 0.107. The van der Waals surface area contributed by atoms with Crippen molar-refractivity contribution in [2.45, 2.75) is 5.37 Å². The van der Waals surface area contributed by atoms with Crippen LogP contribution in [0, 0.1) is 0 Å². The maximum Gasteiger partial charge on any atom is 0.260 e. The molecular formula is C18H20N2O4S. The molecule has 1 aromatic heterocycles. The van der Waals surface area contributed by atoms with E-state index >= 15 is 0 Å². The molecule has 1 amide bonds. The number of nitrogens with zero attached hydrogens (tertiary/aromatic N) is 2. The van der Waals surface area contributed by atoms with E-state index in [-0.39, 0.29) is 11.3 Å². The second kappa shape index (κ2) is 7.65. The molecule has 1 saturated heterocycles. The zero-order valence-corrected chi connectivity index (χ0v) is 15.2. The molecule has 1 atom stereocenters. The SMILES string of the molecule is COc1ccc(OC)c(C2SCCN2C(=O)c2cccnc2OC)c1. The molecule has 0 aliphatic carbocycles. The molecule has 25 heavy (non-hydrogen) atoms. The van der Waals surface area contributed by atoms with Gasteiger partial charge in [0.1, 0.15) is 22.4 Å².